The van der Waals surface area contributed by atoms with E-state index in [4.69, 9.17) is 16.3 Å². The van der Waals surface area contributed by atoms with Crippen molar-refractivity contribution < 1.29 is 9.13 Å². The van der Waals surface area contributed by atoms with Gasteiger partial charge in [-0.3, -0.25) is 0 Å². The maximum Gasteiger partial charge on any atom is 0.132 e. The zero-order valence-corrected chi connectivity index (χ0v) is 12.9. The molecule has 0 radical (unpaired) electrons. The molecule has 0 bridgehead atoms. The summed E-state index contributed by atoms with van der Waals surface area (Å²) in [6.45, 7) is 4.88. The average molecular weight is 309 g/mol. The molecule has 112 valence electrons. The summed E-state index contributed by atoms with van der Waals surface area (Å²) in [7, 11) is 0. The van der Waals surface area contributed by atoms with Gasteiger partial charge in [-0.05, 0) is 49.2 Å². The molecule has 1 aromatic heterocycles. The first-order valence-corrected chi connectivity index (χ1v) is 7.26. The third kappa shape index (κ3) is 4.33. The largest absolute Gasteiger partial charge is 0.487 e. The Labute approximate surface area is 129 Å². The second-order valence-electron chi connectivity index (χ2n) is 4.75. The molecule has 0 fully saturated rings. The van der Waals surface area contributed by atoms with Crippen LogP contribution >= 0.6 is 11.6 Å². The molecule has 1 aromatic carbocycles. The van der Waals surface area contributed by atoms with Gasteiger partial charge >= 0.3 is 0 Å². The molecular weight excluding hydrogens is 291 g/mol. The van der Waals surface area contributed by atoms with Gasteiger partial charge in [0.1, 0.15) is 24.0 Å². The molecule has 0 aliphatic rings. The molecule has 21 heavy (non-hydrogen) atoms. The van der Waals surface area contributed by atoms with Gasteiger partial charge in [0.25, 0.3) is 0 Å². The number of ether oxygens (including phenoxy) is 1. The molecule has 2 aromatic rings. The van der Waals surface area contributed by atoms with Crippen LogP contribution in [0.3, 0.4) is 0 Å². The minimum absolute atomic E-state index is 0.242. The second kappa shape index (κ2) is 7.27. The Bertz CT molecular complexity index is 619. The van der Waals surface area contributed by atoms with Gasteiger partial charge < -0.3 is 10.1 Å². The number of halogens is 2. The summed E-state index contributed by atoms with van der Waals surface area (Å²) in [6.07, 6.45) is 1.02. The van der Waals surface area contributed by atoms with Crippen molar-refractivity contribution in [2.75, 3.05) is 11.9 Å². The van der Waals surface area contributed by atoms with Gasteiger partial charge in [0.2, 0.25) is 0 Å². The number of aromatic nitrogens is 1. The summed E-state index contributed by atoms with van der Waals surface area (Å²) >= 11 is 6.12. The second-order valence-corrected chi connectivity index (χ2v) is 5.16. The lowest BCUT2D eigenvalue weighted by atomic mass is 10.2. The predicted octanol–water partition coefficient (Wildman–Crippen LogP) is 4.58. The van der Waals surface area contributed by atoms with E-state index in [0.29, 0.717) is 22.0 Å². The van der Waals surface area contributed by atoms with Crippen molar-refractivity contribution in [2.24, 2.45) is 0 Å². The summed E-state index contributed by atoms with van der Waals surface area (Å²) in [4.78, 5) is 4.42. The van der Waals surface area contributed by atoms with E-state index in [-0.39, 0.29) is 12.4 Å². The van der Waals surface area contributed by atoms with Crippen LogP contribution in [0.2, 0.25) is 5.02 Å². The van der Waals surface area contributed by atoms with Gasteiger partial charge in [-0.15, -0.1) is 0 Å². The molecule has 0 amide bonds. The zero-order chi connectivity index (χ0) is 15.2. The van der Waals surface area contributed by atoms with Crippen molar-refractivity contribution in [1.29, 1.82) is 0 Å². The standard InChI is InChI=1S/C16H18ClFN2O/c1-3-8-19-16-7-5-13(17)15(20-16)10-21-12-4-6-14(18)11(2)9-12/h4-7,9H,3,8,10H2,1-2H3,(H,19,20). The molecule has 1 heterocycles. The molecule has 0 aliphatic carbocycles. The molecule has 0 spiro atoms. The fourth-order valence-electron chi connectivity index (χ4n) is 1.80. The van der Waals surface area contributed by atoms with Crippen LogP contribution in [0.5, 0.6) is 5.75 Å². The van der Waals surface area contributed by atoms with E-state index in [1.54, 1.807) is 25.1 Å². The molecular formula is C16H18ClFN2O. The van der Waals surface area contributed by atoms with Crippen molar-refractivity contribution in [1.82, 2.24) is 4.98 Å². The number of hydrogen-bond donors (Lipinski definition) is 1. The summed E-state index contributed by atoms with van der Waals surface area (Å²) in [5.41, 5.74) is 1.20. The van der Waals surface area contributed by atoms with Crippen molar-refractivity contribution in [3.8, 4) is 5.75 Å². The van der Waals surface area contributed by atoms with Crippen LogP contribution < -0.4 is 10.1 Å². The van der Waals surface area contributed by atoms with Gasteiger partial charge in [-0.25, -0.2) is 9.37 Å². The topological polar surface area (TPSA) is 34.1 Å². The fourth-order valence-corrected chi connectivity index (χ4v) is 1.96. The minimum atomic E-state index is -0.246. The fraction of sp³-hybridized carbons (Fsp3) is 0.312. The van der Waals surface area contributed by atoms with Crippen LogP contribution in [-0.2, 0) is 6.61 Å². The van der Waals surface area contributed by atoms with Gasteiger partial charge in [0.05, 0.1) is 10.7 Å². The number of pyridine rings is 1. The summed E-state index contributed by atoms with van der Waals surface area (Å²) < 4.78 is 18.8. The Morgan fingerprint density at radius 3 is 2.81 bits per heavy atom. The number of anilines is 1. The molecule has 0 aliphatic heterocycles. The first-order chi connectivity index (χ1) is 10.1. The Hall–Kier alpha value is -1.81. The minimum Gasteiger partial charge on any atom is -0.487 e. The number of benzene rings is 1. The normalized spacial score (nSPS) is 10.5. The van der Waals surface area contributed by atoms with Crippen molar-refractivity contribution >= 4 is 17.4 Å². The van der Waals surface area contributed by atoms with Gasteiger partial charge in [0.15, 0.2) is 0 Å². The number of aryl methyl sites for hydroxylation is 1. The van der Waals surface area contributed by atoms with Crippen molar-refractivity contribution in [3.63, 3.8) is 0 Å². The molecule has 0 unspecified atom stereocenters. The molecule has 1 N–H and O–H groups in total. The highest BCUT2D eigenvalue weighted by atomic mass is 35.5. The molecule has 2 rings (SSSR count). The van der Waals surface area contributed by atoms with Gasteiger partial charge in [-0.2, -0.15) is 0 Å². The highest BCUT2D eigenvalue weighted by molar-refractivity contribution is 6.31. The van der Waals surface area contributed by atoms with Crippen LogP contribution in [0.15, 0.2) is 30.3 Å². The Morgan fingerprint density at radius 1 is 1.29 bits per heavy atom. The number of nitrogens with zero attached hydrogens (tertiary/aromatic N) is 1. The van der Waals surface area contributed by atoms with Crippen LogP contribution in [-0.4, -0.2) is 11.5 Å². The molecule has 0 saturated carbocycles. The number of nitrogens with one attached hydrogen (secondary N) is 1. The molecule has 0 saturated heterocycles. The lowest BCUT2D eigenvalue weighted by Gasteiger charge is -2.10. The highest BCUT2D eigenvalue weighted by Gasteiger charge is 2.06. The highest BCUT2D eigenvalue weighted by Crippen LogP contribution is 2.21. The third-order valence-electron chi connectivity index (χ3n) is 2.98. The van der Waals surface area contributed by atoms with Crippen molar-refractivity contribution in [3.05, 3.63) is 52.4 Å². The molecule has 3 nitrogen and oxygen atoms in total. The van der Waals surface area contributed by atoms with E-state index < -0.39 is 0 Å². The Morgan fingerprint density at radius 2 is 2.10 bits per heavy atom. The number of rotatable bonds is 6. The summed E-state index contributed by atoms with van der Waals surface area (Å²) in [6, 6.07) is 8.27. The average Bonchev–Trinajstić information content (AvgIpc) is 2.48. The van der Waals surface area contributed by atoms with E-state index in [0.717, 1.165) is 18.8 Å². The van der Waals surface area contributed by atoms with Crippen LogP contribution in [0, 0.1) is 12.7 Å². The number of hydrogen-bond acceptors (Lipinski definition) is 3. The van der Waals surface area contributed by atoms with Crippen LogP contribution in [0.4, 0.5) is 10.2 Å². The quantitative estimate of drug-likeness (QED) is 0.848. The lowest BCUT2D eigenvalue weighted by Crippen LogP contribution is -2.05. The van der Waals surface area contributed by atoms with Crippen LogP contribution in [0.1, 0.15) is 24.6 Å². The summed E-state index contributed by atoms with van der Waals surface area (Å²) in [5, 5.41) is 3.75. The van der Waals surface area contributed by atoms with E-state index in [9.17, 15) is 4.39 Å². The SMILES string of the molecule is CCCNc1ccc(Cl)c(COc2ccc(F)c(C)c2)n1. The van der Waals surface area contributed by atoms with Crippen LogP contribution in [0.25, 0.3) is 0 Å². The first-order valence-electron chi connectivity index (χ1n) is 6.88. The van der Waals surface area contributed by atoms with Gasteiger partial charge in [-0.1, -0.05) is 18.5 Å². The maximum absolute atomic E-state index is 13.2. The van der Waals surface area contributed by atoms with E-state index in [1.165, 1.54) is 6.07 Å². The van der Waals surface area contributed by atoms with E-state index in [2.05, 4.69) is 17.2 Å². The van der Waals surface area contributed by atoms with E-state index >= 15 is 0 Å². The maximum atomic E-state index is 13.2. The predicted molar refractivity (Wildman–Crippen MR) is 83.5 cm³/mol. The monoisotopic (exact) mass is 308 g/mol. The zero-order valence-electron chi connectivity index (χ0n) is 12.1. The molecule has 5 heteroatoms. The van der Waals surface area contributed by atoms with Crippen molar-refractivity contribution in [2.45, 2.75) is 26.9 Å². The van der Waals surface area contributed by atoms with E-state index in [1.807, 2.05) is 6.07 Å². The smallest absolute Gasteiger partial charge is 0.132 e. The Kier molecular flexibility index (Phi) is 5.39. The van der Waals surface area contributed by atoms with Gasteiger partial charge in [0, 0.05) is 6.54 Å². The third-order valence-corrected chi connectivity index (χ3v) is 3.32. The Balaban J connectivity index is 2.06. The molecule has 0 atom stereocenters. The first kappa shape index (κ1) is 15.6. The summed E-state index contributed by atoms with van der Waals surface area (Å²) in [5.74, 6) is 1.12. The lowest BCUT2D eigenvalue weighted by molar-refractivity contribution is 0.301.